The highest BCUT2D eigenvalue weighted by Gasteiger charge is 2.32. The van der Waals surface area contributed by atoms with E-state index in [4.69, 9.17) is 9.47 Å². The summed E-state index contributed by atoms with van der Waals surface area (Å²) in [6.45, 7) is 5.96. The van der Waals surface area contributed by atoms with Crippen molar-refractivity contribution in [1.82, 2.24) is 14.8 Å². The fourth-order valence-electron chi connectivity index (χ4n) is 5.01. The van der Waals surface area contributed by atoms with Gasteiger partial charge in [0, 0.05) is 62.7 Å². The van der Waals surface area contributed by atoms with Crippen molar-refractivity contribution < 1.29 is 42.1 Å². The second-order valence-corrected chi connectivity index (χ2v) is 11.6. The van der Waals surface area contributed by atoms with Crippen LogP contribution in [0, 0.1) is 5.92 Å². The summed E-state index contributed by atoms with van der Waals surface area (Å²) in [7, 11) is 1.68. The Labute approximate surface area is 261 Å². The fraction of sp³-hybridized carbons (Fsp3) is 0.562. The summed E-state index contributed by atoms with van der Waals surface area (Å²) in [4.78, 5) is 46.5. The van der Waals surface area contributed by atoms with Crippen molar-refractivity contribution in [3.05, 3.63) is 53.9 Å². The minimum atomic E-state index is -4.48. The number of benzene rings is 1. The van der Waals surface area contributed by atoms with Crippen molar-refractivity contribution >= 4 is 23.4 Å². The van der Waals surface area contributed by atoms with Crippen LogP contribution in [0.4, 0.5) is 18.9 Å². The van der Waals surface area contributed by atoms with Gasteiger partial charge in [0.05, 0.1) is 36.8 Å². The molecule has 0 saturated carbocycles. The van der Waals surface area contributed by atoms with Crippen LogP contribution >= 0.6 is 0 Å². The molecular formula is C32H43F3N4O6. The number of anilines is 1. The van der Waals surface area contributed by atoms with E-state index >= 15 is 0 Å². The third-order valence-corrected chi connectivity index (χ3v) is 7.70. The molecule has 1 aliphatic rings. The lowest BCUT2D eigenvalue weighted by atomic mass is 10.0. The molecule has 4 atom stereocenters. The summed E-state index contributed by atoms with van der Waals surface area (Å²) < 4.78 is 50.3. The number of pyridine rings is 1. The molecule has 0 bridgehead atoms. The Kier molecular flexibility index (Phi) is 13.2. The number of hydrogen-bond acceptors (Lipinski definition) is 7. The molecule has 3 amide bonds. The molecule has 1 aromatic carbocycles. The average Bonchev–Trinajstić information content (AvgIpc) is 3.01. The molecule has 0 fully saturated rings. The van der Waals surface area contributed by atoms with Crippen LogP contribution in [0.2, 0.25) is 0 Å². The number of carbonyl (C=O) groups excluding carboxylic acids is 3. The van der Waals surface area contributed by atoms with Gasteiger partial charge in [-0.25, -0.2) is 0 Å². The van der Waals surface area contributed by atoms with Gasteiger partial charge >= 0.3 is 6.18 Å². The highest BCUT2D eigenvalue weighted by molar-refractivity contribution is 5.99. The number of nitrogens with zero attached hydrogens (tertiary/aromatic N) is 3. The van der Waals surface area contributed by atoms with E-state index < -0.39 is 43.0 Å². The molecule has 1 aliphatic heterocycles. The summed E-state index contributed by atoms with van der Waals surface area (Å²) in [5.41, 5.74) is 0.731. The first-order chi connectivity index (χ1) is 21.3. The highest BCUT2D eigenvalue weighted by atomic mass is 19.4. The normalized spacial score (nSPS) is 20.8. The van der Waals surface area contributed by atoms with E-state index in [0.717, 1.165) is 12.8 Å². The summed E-state index contributed by atoms with van der Waals surface area (Å²) in [6.07, 6.45) is -1.97. The second-order valence-electron chi connectivity index (χ2n) is 11.6. The Morgan fingerprint density at radius 1 is 1.18 bits per heavy atom. The van der Waals surface area contributed by atoms with Gasteiger partial charge in [-0.2, -0.15) is 13.2 Å². The molecule has 248 valence electrons. The largest absolute Gasteiger partial charge is 0.490 e. The highest BCUT2D eigenvalue weighted by Crippen LogP contribution is 2.29. The van der Waals surface area contributed by atoms with Crippen LogP contribution in [0.15, 0.2) is 42.7 Å². The number of aromatic nitrogens is 1. The predicted octanol–water partition coefficient (Wildman–Crippen LogP) is 4.93. The predicted molar refractivity (Wildman–Crippen MR) is 162 cm³/mol. The molecule has 13 heteroatoms. The van der Waals surface area contributed by atoms with Gasteiger partial charge in [0.2, 0.25) is 5.91 Å². The topological polar surface area (TPSA) is 121 Å². The minimum Gasteiger partial charge on any atom is -0.490 e. The van der Waals surface area contributed by atoms with Crippen molar-refractivity contribution in [2.24, 2.45) is 5.92 Å². The first-order valence-electron chi connectivity index (χ1n) is 15.1. The quantitative estimate of drug-likeness (QED) is 0.422. The SMILES string of the molecule is C[C@@H]1CCCCO[C@H](CN(C)C(=O)c2ccncc2)[C@@H](C)CN([C@@H](C)CO)C(=O)c2cc(NC(=O)CCC(F)(F)F)ccc2O1. The Bertz CT molecular complexity index is 1280. The number of ether oxygens (including phenoxy) is 2. The van der Waals surface area contributed by atoms with E-state index in [1.54, 1.807) is 43.4 Å². The second kappa shape index (κ2) is 16.6. The zero-order chi connectivity index (χ0) is 33.1. The zero-order valence-electron chi connectivity index (χ0n) is 26.2. The van der Waals surface area contributed by atoms with Crippen LogP contribution in [0.25, 0.3) is 0 Å². The lowest BCUT2D eigenvalue weighted by Gasteiger charge is -2.36. The molecule has 2 heterocycles. The molecule has 10 nitrogen and oxygen atoms in total. The zero-order valence-corrected chi connectivity index (χ0v) is 26.2. The standard InChI is InChI=1S/C32H43F3N4O6/c1-21-18-39(22(2)20-40)31(43)26-17-25(37-29(41)10-13-32(33,34)35)8-9-27(26)45-23(3)7-5-6-16-44-28(21)19-38(4)30(42)24-11-14-36-15-12-24/h8-9,11-12,14-15,17,21-23,28,40H,5-7,10,13,16,18-20H2,1-4H3,(H,37,41)/t21-,22-,23+,28+/m0/s1. The number of nitrogens with one attached hydrogen (secondary N) is 1. The van der Waals surface area contributed by atoms with E-state index in [9.17, 15) is 32.7 Å². The van der Waals surface area contributed by atoms with Crippen molar-refractivity contribution in [3.63, 3.8) is 0 Å². The van der Waals surface area contributed by atoms with E-state index in [2.05, 4.69) is 10.3 Å². The Hall–Kier alpha value is -3.71. The first kappa shape index (κ1) is 35.8. The Balaban J connectivity index is 1.91. The third-order valence-electron chi connectivity index (χ3n) is 7.70. The van der Waals surface area contributed by atoms with Crippen LogP contribution in [-0.2, 0) is 9.53 Å². The minimum absolute atomic E-state index is 0.0995. The van der Waals surface area contributed by atoms with Crippen molar-refractivity contribution in [2.45, 2.75) is 77.3 Å². The number of carbonyl (C=O) groups is 3. The van der Waals surface area contributed by atoms with E-state index in [1.165, 1.54) is 23.1 Å². The molecule has 2 N–H and O–H groups in total. The summed E-state index contributed by atoms with van der Waals surface area (Å²) >= 11 is 0. The smallest absolute Gasteiger partial charge is 0.389 e. The van der Waals surface area contributed by atoms with Crippen LogP contribution < -0.4 is 10.1 Å². The van der Waals surface area contributed by atoms with Gasteiger partial charge in [-0.1, -0.05) is 6.92 Å². The third kappa shape index (κ3) is 11.0. The maximum atomic E-state index is 14.1. The number of alkyl halides is 3. The van der Waals surface area contributed by atoms with Gasteiger partial charge in [-0.05, 0) is 63.4 Å². The van der Waals surface area contributed by atoms with Crippen LogP contribution in [0.5, 0.6) is 5.75 Å². The molecule has 1 aromatic heterocycles. The Morgan fingerprint density at radius 3 is 2.56 bits per heavy atom. The molecule has 45 heavy (non-hydrogen) atoms. The first-order valence-corrected chi connectivity index (χ1v) is 15.1. The number of fused-ring (bicyclic) bond motifs is 1. The van der Waals surface area contributed by atoms with Crippen LogP contribution in [-0.4, -0.2) is 95.4 Å². The van der Waals surface area contributed by atoms with Crippen molar-refractivity contribution in [2.75, 3.05) is 38.7 Å². The summed E-state index contributed by atoms with van der Waals surface area (Å²) in [6, 6.07) is 7.03. The number of rotatable bonds is 8. The van der Waals surface area contributed by atoms with Gasteiger partial charge in [0.25, 0.3) is 11.8 Å². The monoisotopic (exact) mass is 636 g/mol. The van der Waals surface area contributed by atoms with Gasteiger partial charge in [0.1, 0.15) is 5.75 Å². The maximum Gasteiger partial charge on any atom is 0.389 e. The average molecular weight is 637 g/mol. The molecule has 0 radical (unpaired) electrons. The van der Waals surface area contributed by atoms with Crippen LogP contribution in [0.1, 0.15) is 73.6 Å². The molecule has 0 saturated heterocycles. The Morgan fingerprint density at radius 2 is 1.89 bits per heavy atom. The maximum absolute atomic E-state index is 14.1. The van der Waals surface area contributed by atoms with Gasteiger partial charge in [-0.3, -0.25) is 19.4 Å². The van der Waals surface area contributed by atoms with Gasteiger partial charge in [-0.15, -0.1) is 0 Å². The summed E-state index contributed by atoms with van der Waals surface area (Å²) in [5, 5.41) is 12.5. The summed E-state index contributed by atoms with van der Waals surface area (Å²) in [5.74, 6) is -1.55. The number of aliphatic hydroxyl groups excluding tert-OH is 1. The number of aliphatic hydroxyl groups is 1. The molecule has 3 rings (SSSR count). The molecule has 0 unspecified atom stereocenters. The number of halogens is 3. The lowest BCUT2D eigenvalue weighted by Crippen LogP contribution is -2.48. The van der Waals surface area contributed by atoms with Crippen molar-refractivity contribution in [3.8, 4) is 5.75 Å². The fourth-order valence-corrected chi connectivity index (χ4v) is 5.01. The van der Waals surface area contributed by atoms with Crippen LogP contribution in [0.3, 0.4) is 0 Å². The molecular weight excluding hydrogens is 593 g/mol. The van der Waals surface area contributed by atoms with Gasteiger partial charge < -0.3 is 29.7 Å². The van der Waals surface area contributed by atoms with Crippen molar-refractivity contribution in [1.29, 1.82) is 0 Å². The molecule has 2 aromatic rings. The number of amides is 3. The van der Waals surface area contributed by atoms with E-state index in [-0.39, 0.29) is 54.6 Å². The number of hydrogen-bond donors (Lipinski definition) is 2. The number of likely N-dealkylation sites (N-methyl/N-ethyl adjacent to an activating group) is 1. The van der Waals surface area contributed by atoms with Gasteiger partial charge in [0.15, 0.2) is 0 Å². The van der Waals surface area contributed by atoms with E-state index in [0.29, 0.717) is 18.6 Å². The molecule has 0 spiro atoms. The molecule has 0 aliphatic carbocycles. The van der Waals surface area contributed by atoms with E-state index in [1.807, 2.05) is 13.8 Å². The lowest BCUT2D eigenvalue weighted by molar-refractivity contribution is -0.142.